The molecule has 0 radical (unpaired) electrons. The summed E-state index contributed by atoms with van der Waals surface area (Å²) in [4.78, 5) is 13.9. The molecule has 1 amide bonds. The Morgan fingerprint density at radius 2 is 1.52 bits per heavy atom. The molecule has 0 saturated carbocycles. The van der Waals surface area contributed by atoms with Gasteiger partial charge in [0.05, 0.1) is 5.92 Å². The van der Waals surface area contributed by atoms with Gasteiger partial charge in [-0.3, -0.25) is 4.79 Å². The Kier molecular flexibility index (Phi) is 10.9. The van der Waals surface area contributed by atoms with E-state index in [1.165, 1.54) is 64.2 Å². The Morgan fingerprint density at radius 3 is 2.00 bits per heavy atom. The van der Waals surface area contributed by atoms with E-state index in [-0.39, 0.29) is 5.92 Å². The maximum atomic E-state index is 11.9. The summed E-state index contributed by atoms with van der Waals surface area (Å²) in [5, 5.41) is 1.15. The van der Waals surface area contributed by atoms with Gasteiger partial charge in [0.25, 0.3) is 0 Å². The Balaban J connectivity index is 1.85. The lowest BCUT2D eigenvalue weighted by Crippen LogP contribution is -2.27. The van der Waals surface area contributed by atoms with Crippen molar-refractivity contribution < 1.29 is 4.79 Å². The lowest BCUT2D eigenvalue weighted by molar-refractivity contribution is -0.129. The van der Waals surface area contributed by atoms with Gasteiger partial charge in [-0.2, -0.15) is 0 Å². The van der Waals surface area contributed by atoms with E-state index < -0.39 is 0 Å². The van der Waals surface area contributed by atoms with E-state index in [0.717, 1.165) is 24.8 Å². The number of likely N-dealkylation sites (tertiary alicyclic amines) is 1. The molecule has 122 valence electrons. The average Bonchev–Trinajstić information content (AvgIpc) is 2.85. The molecule has 0 aromatic carbocycles. The predicted molar refractivity (Wildman–Crippen MR) is 94.8 cm³/mol. The summed E-state index contributed by atoms with van der Waals surface area (Å²) in [7, 11) is 0. The van der Waals surface area contributed by atoms with Crippen LogP contribution >= 0.6 is 15.9 Å². The first-order valence-corrected chi connectivity index (χ1v) is 9.89. The number of amides is 1. The lowest BCUT2D eigenvalue weighted by Gasteiger charge is -2.15. The predicted octanol–water partition coefficient (Wildman–Crippen LogP) is 5.32. The van der Waals surface area contributed by atoms with Crippen LogP contribution in [0.1, 0.15) is 70.6 Å². The number of rotatable bonds is 13. The van der Waals surface area contributed by atoms with Crippen molar-refractivity contribution in [2.24, 2.45) is 5.92 Å². The number of halogens is 1. The van der Waals surface area contributed by atoms with E-state index in [2.05, 4.69) is 22.5 Å². The third-order valence-electron chi connectivity index (χ3n) is 4.44. The smallest absolute Gasteiger partial charge is 0.229 e. The maximum absolute atomic E-state index is 11.9. The monoisotopic (exact) mass is 357 g/mol. The Bertz CT molecular complexity index is 293. The molecule has 1 aliphatic heterocycles. The number of hydrogen-bond acceptors (Lipinski definition) is 1. The van der Waals surface area contributed by atoms with Crippen LogP contribution in [0.5, 0.6) is 0 Å². The summed E-state index contributed by atoms with van der Waals surface area (Å²) < 4.78 is 0. The lowest BCUT2D eigenvalue weighted by atomic mass is 10.1. The molecule has 0 spiro atoms. The van der Waals surface area contributed by atoms with Gasteiger partial charge in [0.15, 0.2) is 0 Å². The molecular formula is C18H32BrNO. The summed E-state index contributed by atoms with van der Waals surface area (Å²) in [5.41, 5.74) is 0. The minimum absolute atomic E-state index is 0.0922. The van der Waals surface area contributed by atoms with Crippen LogP contribution in [0.4, 0.5) is 0 Å². The number of alkyl halides is 1. The van der Waals surface area contributed by atoms with Gasteiger partial charge in [0.2, 0.25) is 5.91 Å². The highest BCUT2D eigenvalue weighted by Crippen LogP contribution is 2.19. The van der Waals surface area contributed by atoms with Crippen molar-refractivity contribution in [3.63, 3.8) is 0 Å². The number of nitrogens with zero attached hydrogens (tertiary/aromatic N) is 1. The second-order valence-corrected chi connectivity index (χ2v) is 6.97. The van der Waals surface area contributed by atoms with Crippen molar-refractivity contribution in [1.29, 1.82) is 0 Å². The summed E-state index contributed by atoms with van der Waals surface area (Å²) >= 11 is 3.47. The standard InChI is InChI=1S/C18H32BrNO/c1-2-17-13-16-20(18(17)21)15-12-10-8-6-4-3-5-7-9-11-14-19/h2,17H,1,3-16H2. The first-order valence-electron chi connectivity index (χ1n) is 8.77. The molecule has 0 aromatic rings. The van der Waals surface area contributed by atoms with Gasteiger partial charge < -0.3 is 4.90 Å². The molecule has 1 aliphatic rings. The molecular weight excluding hydrogens is 326 g/mol. The zero-order chi connectivity index (χ0) is 15.3. The molecule has 21 heavy (non-hydrogen) atoms. The second-order valence-electron chi connectivity index (χ2n) is 6.18. The molecule has 1 atom stereocenters. The molecule has 1 heterocycles. The van der Waals surface area contributed by atoms with E-state index in [9.17, 15) is 4.79 Å². The molecule has 0 bridgehead atoms. The number of carbonyl (C=O) groups excluding carboxylic acids is 1. The van der Waals surface area contributed by atoms with Crippen LogP contribution < -0.4 is 0 Å². The first kappa shape index (κ1) is 18.7. The van der Waals surface area contributed by atoms with Crippen LogP contribution in [0, 0.1) is 5.92 Å². The molecule has 3 heteroatoms. The van der Waals surface area contributed by atoms with Crippen molar-refractivity contribution in [2.45, 2.75) is 70.6 Å². The fourth-order valence-corrected chi connectivity index (χ4v) is 3.41. The van der Waals surface area contributed by atoms with E-state index in [1.807, 2.05) is 4.90 Å². The highest BCUT2D eigenvalue weighted by Gasteiger charge is 2.28. The van der Waals surface area contributed by atoms with E-state index in [1.54, 1.807) is 6.08 Å². The van der Waals surface area contributed by atoms with Crippen LogP contribution in [-0.4, -0.2) is 29.2 Å². The molecule has 0 N–H and O–H groups in total. The Hall–Kier alpha value is -0.310. The van der Waals surface area contributed by atoms with Crippen molar-refractivity contribution in [3.05, 3.63) is 12.7 Å². The zero-order valence-electron chi connectivity index (χ0n) is 13.5. The van der Waals surface area contributed by atoms with Gasteiger partial charge in [0.1, 0.15) is 0 Å². The van der Waals surface area contributed by atoms with Gasteiger partial charge in [-0.15, -0.1) is 6.58 Å². The van der Waals surface area contributed by atoms with Crippen LogP contribution in [0.15, 0.2) is 12.7 Å². The number of hydrogen-bond donors (Lipinski definition) is 0. The third-order valence-corrected chi connectivity index (χ3v) is 5.00. The Labute approximate surface area is 139 Å². The molecule has 1 fully saturated rings. The normalized spacial score (nSPS) is 18.4. The molecule has 1 unspecified atom stereocenters. The minimum atomic E-state index is 0.0922. The topological polar surface area (TPSA) is 20.3 Å². The summed E-state index contributed by atoms with van der Waals surface area (Å²) in [6.45, 7) is 5.63. The fraction of sp³-hybridized carbons (Fsp3) is 0.833. The van der Waals surface area contributed by atoms with Crippen molar-refractivity contribution in [2.75, 3.05) is 18.4 Å². The zero-order valence-corrected chi connectivity index (χ0v) is 15.1. The summed E-state index contributed by atoms with van der Waals surface area (Å²) in [6.07, 6.45) is 16.2. The van der Waals surface area contributed by atoms with Gasteiger partial charge in [-0.25, -0.2) is 0 Å². The highest BCUT2D eigenvalue weighted by molar-refractivity contribution is 9.09. The highest BCUT2D eigenvalue weighted by atomic mass is 79.9. The molecule has 2 nitrogen and oxygen atoms in total. The van der Waals surface area contributed by atoms with Gasteiger partial charge in [-0.1, -0.05) is 73.4 Å². The Morgan fingerprint density at radius 1 is 1.00 bits per heavy atom. The van der Waals surface area contributed by atoms with Crippen molar-refractivity contribution in [1.82, 2.24) is 4.90 Å². The quantitative estimate of drug-likeness (QED) is 0.248. The van der Waals surface area contributed by atoms with Gasteiger partial charge >= 0.3 is 0 Å². The van der Waals surface area contributed by atoms with E-state index >= 15 is 0 Å². The summed E-state index contributed by atoms with van der Waals surface area (Å²) in [5.74, 6) is 0.392. The van der Waals surface area contributed by atoms with Gasteiger partial charge in [0, 0.05) is 18.4 Å². The van der Waals surface area contributed by atoms with E-state index in [4.69, 9.17) is 0 Å². The molecule has 0 aliphatic carbocycles. The largest absolute Gasteiger partial charge is 0.342 e. The number of unbranched alkanes of at least 4 members (excludes halogenated alkanes) is 9. The average molecular weight is 358 g/mol. The SMILES string of the molecule is C=CC1CCN(CCCCCCCCCCCCBr)C1=O. The third kappa shape index (κ3) is 8.04. The van der Waals surface area contributed by atoms with Crippen LogP contribution in [0.2, 0.25) is 0 Å². The first-order chi connectivity index (χ1) is 10.3. The van der Waals surface area contributed by atoms with Gasteiger partial charge in [-0.05, 0) is 19.3 Å². The van der Waals surface area contributed by atoms with Crippen molar-refractivity contribution >= 4 is 21.8 Å². The fourth-order valence-electron chi connectivity index (χ4n) is 3.02. The molecule has 1 saturated heterocycles. The van der Waals surface area contributed by atoms with Crippen LogP contribution in [0.3, 0.4) is 0 Å². The second kappa shape index (κ2) is 12.3. The van der Waals surface area contributed by atoms with Crippen molar-refractivity contribution in [3.8, 4) is 0 Å². The number of carbonyl (C=O) groups is 1. The molecule has 1 rings (SSSR count). The maximum Gasteiger partial charge on any atom is 0.229 e. The molecule has 0 aromatic heterocycles. The minimum Gasteiger partial charge on any atom is -0.342 e. The van der Waals surface area contributed by atoms with Crippen LogP contribution in [0.25, 0.3) is 0 Å². The van der Waals surface area contributed by atoms with E-state index in [0.29, 0.717) is 5.91 Å². The van der Waals surface area contributed by atoms with Crippen LogP contribution in [-0.2, 0) is 4.79 Å². The summed E-state index contributed by atoms with van der Waals surface area (Å²) in [6, 6.07) is 0.